The van der Waals surface area contributed by atoms with Crippen molar-refractivity contribution in [1.29, 1.82) is 0 Å². The molecule has 94 valence electrons. The van der Waals surface area contributed by atoms with Crippen LogP contribution in [0.25, 0.3) is 0 Å². The molecule has 0 aliphatic heterocycles. The van der Waals surface area contributed by atoms with E-state index < -0.39 is 11.7 Å². The highest BCUT2D eigenvalue weighted by molar-refractivity contribution is 5.65. The third kappa shape index (κ3) is 4.84. The number of ether oxygens (including phenoxy) is 1. The second kappa shape index (κ2) is 5.53. The lowest BCUT2D eigenvalue weighted by Crippen LogP contribution is -2.32. The Hall–Kier alpha value is -0.770. The van der Waals surface area contributed by atoms with Crippen LogP contribution in [0.3, 0.4) is 0 Å². The maximum absolute atomic E-state index is 10.7. The summed E-state index contributed by atoms with van der Waals surface area (Å²) >= 11 is 0. The molecule has 1 amide bonds. The minimum atomic E-state index is -0.685. The summed E-state index contributed by atoms with van der Waals surface area (Å²) in [5.41, 5.74) is 10.4. The number of carbonyl (C=O) groups excluding carboxylic acids is 1. The van der Waals surface area contributed by atoms with E-state index in [1.165, 1.54) is 12.8 Å². The molecular weight excluding hydrogens is 204 g/mol. The van der Waals surface area contributed by atoms with Crippen molar-refractivity contribution in [3.8, 4) is 0 Å². The SMILES string of the molecule is CC(C)(CC[C@H]1CC[C@H](N)CC1)OC(N)=O. The molecule has 0 atom stereocenters. The molecule has 4 heteroatoms. The van der Waals surface area contributed by atoms with Crippen LogP contribution in [0, 0.1) is 5.92 Å². The van der Waals surface area contributed by atoms with Crippen LogP contribution < -0.4 is 11.5 Å². The van der Waals surface area contributed by atoms with E-state index >= 15 is 0 Å². The number of amides is 1. The number of primary amides is 1. The summed E-state index contributed by atoms with van der Waals surface area (Å²) in [5, 5.41) is 0. The van der Waals surface area contributed by atoms with Gasteiger partial charge in [-0.25, -0.2) is 4.79 Å². The van der Waals surface area contributed by atoms with Gasteiger partial charge in [0.1, 0.15) is 5.60 Å². The smallest absolute Gasteiger partial charge is 0.405 e. The van der Waals surface area contributed by atoms with Crippen molar-refractivity contribution < 1.29 is 9.53 Å². The second-order valence-electron chi connectivity index (χ2n) is 5.50. The van der Waals surface area contributed by atoms with Crippen molar-refractivity contribution in [2.45, 2.75) is 64.0 Å². The summed E-state index contributed by atoms with van der Waals surface area (Å²) in [4.78, 5) is 10.7. The molecule has 0 radical (unpaired) electrons. The summed E-state index contributed by atoms with van der Waals surface area (Å²) in [6, 6.07) is 0.395. The summed E-state index contributed by atoms with van der Waals surface area (Å²) < 4.78 is 5.06. The number of carbonyl (C=O) groups is 1. The maximum atomic E-state index is 10.7. The van der Waals surface area contributed by atoms with E-state index in [2.05, 4.69) is 0 Å². The summed E-state index contributed by atoms with van der Waals surface area (Å²) in [7, 11) is 0. The highest BCUT2D eigenvalue weighted by atomic mass is 16.6. The zero-order valence-corrected chi connectivity index (χ0v) is 10.4. The Morgan fingerprint density at radius 1 is 1.31 bits per heavy atom. The fraction of sp³-hybridized carbons (Fsp3) is 0.917. The topological polar surface area (TPSA) is 78.3 Å². The average molecular weight is 228 g/mol. The molecule has 1 fully saturated rings. The monoisotopic (exact) mass is 228 g/mol. The third-order valence-corrected chi connectivity index (χ3v) is 3.42. The van der Waals surface area contributed by atoms with Crippen LogP contribution >= 0.6 is 0 Å². The molecule has 0 saturated heterocycles. The zero-order chi connectivity index (χ0) is 12.2. The van der Waals surface area contributed by atoms with E-state index in [1.807, 2.05) is 13.8 Å². The predicted molar refractivity (Wildman–Crippen MR) is 63.9 cm³/mol. The molecule has 0 aromatic carbocycles. The minimum absolute atomic E-state index is 0.395. The Morgan fingerprint density at radius 3 is 2.38 bits per heavy atom. The van der Waals surface area contributed by atoms with Gasteiger partial charge in [0.2, 0.25) is 0 Å². The van der Waals surface area contributed by atoms with Gasteiger partial charge in [0.25, 0.3) is 0 Å². The highest BCUT2D eigenvalue weighted by Crippen LogP contribution is 2.30. The van der Waals surface area contributed by atoms with E-state index in [-0.39, 0.29) is 0 Å². The maximum Gasteiger partial charge on any atom is 0.405 e. The van der Waals surface area contributed by atoms with E-state index in [1.54, 1.807) is 0 Å². The van der Waals surface area contributed by atoms with Gasteiger partial charge >= 0.3 is 6.09 Å². The zero-order valence-electron chi connectivity index (χ0n) is 10.4. The van der Waals surface area contributed by atoms with Crippen LogP contribution in [0.5, 0.6) is 0 Å². The van der Waals surface area contributed by atoms with Gasteiger partial charge < -0.3 is 16.2 Å². The van der Waals surface area contributed by atoms with E-state index in [9.17, 15) is 4.79 Å². The number of nitrogens with two attached hydrogens (primary N) is 2. The van der Waals surface area contributed by atoms with Gasteiger partial charge in [-0.15, -0.1) is 0 Å². The van der Waals surface area contributed by atoms with Gasteiger partial charge in [-0.1, -0.05) is 0 Å². The van der Waals surface area contributed by atoms with Crippen molar-refractivity contribution >= 4 is 6.09 Å². The lowest BCUT2D eigenvalue weighted by atomic mass is 9.82. The van der Waals surface area contributed by atoms with Gasteiger partial charge in [0.05, 0.1) is 0 Å². The lowest BCUT2D eigenvalue weighted by molar-refractivity contribution is 0.0327. The van der Waals surface area contributed by atoms with Gasteiger partial charge in [-0.05, 0) is 58.3 Å². The molecule has 0 unspecified atom stereocenters. The number of hydrogen-bond donors (Lipinski definition) is 2. The lowest BCUT2D eigenvalue weighted by Gasteiger charge is -2.30. The molecular formula is C12H24N2O2. The Kier molecular flexibility index (Phi) is 4.59. The molecule has 4 N–H and O–H groups in total. The first kappa shape index (κ1) is 13.3. The predicted octanol–water partition coefficient (Wildman–Crippen LogP) is 2.16. The molecule has 1 aliphatic rings. The first-order chi connectivity index (χ1) is 7.39. The highest BCUT2D eigenvalue weighted by Gasteiger charge is 2.25. The first-order valence-electron chi connectivity index (χ1n) is 6.13. The van der Waals surface area contributed by atoms with Crippen LogP contribution in [0.4, 0.5) is 4.79 Å². The van der Waals surface area contributed by atoms with Crippen LogP contribution in [-0.4, -0.2) is 17.7 Å². The van der Waals surface area contributed by atoms with Gasteiger partial charge in [-0.2, -0.15) is 0 Å². The molecule has 0 heterocycles. The molecule has 4 nitrogen and oxygen atoms in total. The summed E-state index contributed by atoms with van der Waals surface area (Å²) in [6.45, 7) is 3.82. The van der Waals surface area contributed by atoms with Crippen molar-refractivity contribution in [3.63, 3.8) is 0 Å². The number of rotatable bonds is 4. The van der Waals surface area contributed by atoms with Crippen molar-refractivity contribution in [3.05, 3.63) is 0 Å². The van der Waals surface area contributed by atoms with Crippen molar-refractivity contribution in [1.82, 2.24) is 0 Å². The standard InChI is InChI=1S/C12H24N2O2/c1-12(2,16-11(14)15)8-7-9-3-5-10(13)6-4-9/h9-10H,3-8,13H2,1-2H3,(H2,14,15)/t9-,10-. The molecule has 1 rings (SSSR count). The largest absolute Gasteiger partial charge is 0.444 e. The van der Waals surface area contributed by atoms with Crippen LogP contribution in [0.1, 0.15) is 52.4 Å². The minimum Gasteiger partial charge on any atom is -0.444 e. The molecule has 0 bridgehead atoms. The normalized spacial score (nSPS) is 26.4. The molecule has 16 heavy (non-hydrogen) atoms. The second-order valence-corrected chi connectivity index (χ2v) is 5.50. The summed E-state index contributed by atoms with van der Waals surface area (Å²) in [5.74, 6) is 0.732. The molecule has 0 spiro atoms. The summed E-state index contributed by atoms with van der Waals surface area (Å²) in [6.07, 6.45) is 5.93. The quantitative estimate of drug-likeness (QED) is 0.774. The van der Waals surface area contributed by atoms with Crippen LogP contribution in [-0.2, 0) is 4.74 Å². The first-order valence-corrected chi connectivity index (χ1v) is 6.13. The average Bonchev–Trinajstić information content (AvgIpc) is 2.15. The van der Waals surface area contributed by atoms with Crippen molar-refractivity contribution in [2.24, 2.45) is 17.4 Å². The van der Waals surface area contributed by atoms with Gasteiger partial charge in [0.15, 0.2) is 0 Å². The van der Waals surface area contributed by atoms with Crippen molar-refractivity contribution in [2.75, 3.05) is 0 Å². The molecule has 1 aliphatic carbocycles. The fourth-order valence-electron chi connectivity index (χ4n) is 2.35. The molecule has 0 aromatic rings. The van der Waals surface area contributed by atoms with Crippen LogP contribution in [0.2, 0.25) is 0 Å². The van der Waals surface area contributed by atoms with E-state index in [4.69, 9.17) is 16.2 Å². The number of hydrogen-bond acceptors (Lipinski definition) is 3. The van der Waals surface area contributed by atoms with Crippen LogP contribution in [0.15, 0.2) is 0 Å². The van der Waals surface area contributed by atoms with Gasteiger partial charge in [0, 0.05) is 6.04 Å². The third-order valence-electron chi connectivity index (χ3n) is 3.42. The van der Waals surface area contributed by atoms with E-state index in [0.717, 1.165) is 31.6 Å². The Morgan fingerprint density at radius 2 is 1.88 bits per heavy atom. The molecule has 0 aromatic heterocycles. The fourth-order valence-corrected chi connectivity index (χ4v) is 2.35. The Balaban J connectivity index is 2.25. The Bertz CT molecular complexity index is 233. The Labute approximate surface area is 97.7 Å². The van der Waals surface area contributed by atoms with E-state index in [0.29, 0.717) is 6.04 Å². The molecule has 1 saturated carbocycles. The van der Waals surface area contributed by atoms with Gasteiger partial charge in [-0.3, -0.25) is 0 Å².